The van der Waals surface area contributed by atoms with Gasteiger partial charge in [-0.25, -0.2) is 8.42 Å². The van der Waals surface area contributed by atoms with Crippen LogP contribution < -0.4 is 15.4 Å². The van der Waals surface area contributed by atoms with Crippen molar-refractivity contribution < 1.29 is 23.1 Å². The summed E-state index contributed by atoms with van der Waals surface area (Å²) in [6.07, 6.45) is 8.07. The number of nitrogens with zero attached hydrogens (tertiary/aromatic N) is 1. The Morgan fingerprint density at radius 3 is 2.12 bits per heavy atom. The lowest BCUT2D eigenvalue weighted by atomic mass is 9.74. The first-order valence-corrected chi connectivity index (χ1v) is 17.7. The molecule has 9 nitrogen and oxygen atoms in total. The van der Waals surface area contributed by atoms with Crippen molar-refractivity contribution in [3.8, 4) is 5.75 Å². The van der Waals surface area contributed by atoms with Gasteiger partial charge in [-0.2, -0.15) is 4.31 Å². The van der Waals surface area contributed by atoms with Crippen LogP contribution in [0.15, 0.2) is 34.4 Å². The largest absolute Gasteiger partial charge is 0.493 e. The van der Waals surface area contributed by atoms with E-state index in [1.165, 1.54) is 36.4 Å². The van der Waals surface area contributed by atoms with Gasteiger partial charge < -0.3 is 25.9 Å². The molecule has 0 bridgehead atoms. The molecule has 1 aromatic rings. The van der Waals surface area contributed by atoms with Crippen LogP contribution in [0.4, 0.5) is 0 Å². The number of aliphatic hydroxyl groups is 1. The third kappa shape index (κ3) is 9.78. The average Bonchev–Trinajstić information content (AvgIpc) is 2.94. The standard InChI is InChI=1S/C22H32N4O4S.C7H14O.C4H10/c1-5-8-18(23)20-14(4)22(27)25-21(24-20)17-11-16(9-10-19(17)30-7-3)31(28,29)26-12-15(6-2)13-26;1-2-6-3-7(4-6)5-8;1-3-4-2/h9-11,15,21,23-24H,5-8,12-13H2,1-4H3,(H,25,27);6-8H,2-5H2,1H3;3-4H2,1-2H3. The Bertz CT molecular complexity index is 1180. The van der Waals surface area contributed by atoms with Crippen molar-refractivity contribution >= 4 is 21.6 Å². The van der Waals surface area contributed by atoms with E-state index in [0.29, 0.717) is 72.9 Å². The van der Waals surface area contributed by atoms with Crippen molar-refractivity contribution in [3.05, 3.63) is 35.0 Å². The molecular formula is C33H56N4O5S. The summed E-state index contributed by atoms with van der Waals surface area (Å²) < 4.78 is 33.4. The maximum absolute atomic E-state index is 13.1. The van der Waals surface area contributed by atoms with Crippen LogP contribution in [0.3, 0.4) is 0 Å². The highest BCUT2D eigenvalue weighted by Crippen LogP contribution is 2.35. The van der Waals surface area contributed by atoms with E-state index in [9.17, 15) is 13.2 Å². The quantitative estimate of drug-likeness (QED) is 0.207. The number of hydrogen-bond donors (Lipinski definition) is 4. The highest BCUT2D eigenvalue weighted by atomic mass is 32.2. The Morgan fingerprint density at radius 2 is 1.60 bits per heavy atom. The molecule has 1 atom stereocenters. The van der Waals surface area contributed by atoms with Gasteiger partial charge >= 0.3 is 0 Å². The number of sulfonamides is 1. The molecule has 1 amide bonds. The topological polar surface area (TPSA) is 132 Å². The minimum absolute atomic E-state index is 0.174. The van der Waals surface area contributed by atoms with Gasteiger partial charge in [-0.1, -0.05) is 66.7 Å². The number of unbranched alkanes of at least 4 members (excludes halogenated alkanes) is 1. The summed E-state index contributed by atoms with van der Waals surface area (Å²) in [5.74, 6) is 2.20. The van der Waals surface area contributed by atoms with E-state index >= 15 is 0 Å². The SMILES string of the molecule is CCC1CC(CO)C1.CCCC.CCCC(=N)C1=C(C)C(=O)NC(c2cc(S(=O)(=O)N3CC(CC)C3)ccc2OCC)N1. The third-order valence-electron chi connectivity index (χ3n) is 8.48. The normalized spacial score (nSPS) is 22.0. The van der Waals surface area contributed by atoms with Crippen LogP contribution in [-0.4, -0.2) is 55.8 Å². The van der Waals surface area contributed by atoms with Gasteiger partial charge in [0.1, 0.15) is 11.9 Å². The number of rotatable bonds is 12. The van der Waals surface area contributed by atoms with E-state index in [0.717, 1.165) is 18.8 Å². The molecule has 1 aliphatic carbocycles. The van der Waals surface area contributed by atoms with Crippen LogP contribution in [0.2, 0.25) is 0 Å². The first kappa shape index (κ1) is 36.8. The first-order valence-electron chi connectivity index (χ1n) is 16.2. The van der Waals surface area contributed by atoms with Crippen LogP contribution in [-0.2, 0) is 14.8 Å². The molecule has 1 aromatic carbocycles. The molecule has 4 rings (SSSR count). The van der Waals surface area contributed by atoms with E-state index in [1.807, 2.05) is 13.8 Å². The Balaban J connectivity index is 0.000000448. The Morgan fingerprint density at radius 1 is 0.977 bits per heavy atom. The molecule has 0 spiro atoms. The lowest BCUT2D eigenvalue weighted by Gasteiger charge is -2.37. The Kier molecular flexibility index (Phi) is 15.2. The molecule has 1 unspecified atom stereocenters. The van der Waals surface area contributed by atoms with Gasteiger partial charge in [-0.3, -0.25) is 4.79 Å². The van der Waals surface area contributed by atoms with Crippen molar-refractivity contribution in [2.45, 2.75) is 111 Å². The highest BCUT2D eigenvalue weighted by molar-refractivity contribution is 7.89. The number of allylic oxidation sites excluding steroid dienone is 1. The van der Waals surface area contributed by atoms with Crippen molar-refractivity contribution in [1.82, 2.24) is 14.9 Å². The molecule has 10 heteroatoms. The summed E-state index contributed by atoms with van der Waals surface area (Å²) >= 11 is 0. The Hall–Kier alpha value is -2.43. The fraction of sp³-hybridized carbons (Fsp3) is 0.697. The number of aliphatic hydroxyl groups excluding tert-OH is 1. The van der Waals surface area contributed by atoms with Crippen LogP contribution in [0.1, 0.15) is 112 Å². The van der Waals surface area contributed by atoms with E-state index in [1.54, 1.807) is 25.1 Å². The van der Waals surface area contributed by atoms with Gasteiger partial charge in [0, 0.05) is 30.8 Å². The van der Waals surface area contributed by atoms with Gasteiger partial charge in [0.15, 0.2) is 0 Å². The van der Waals surface area contributed by atoms with Crippen LogP contribution in [0.25, 0.3) is 0 Å². The summed E-state index contributed by atoms with van der Waals surface area (Å²) in [6.45, 7) is 16.0. The molecular weight excluding hydrogens is 564 g/mol. The number of benzene rings is 1. The summed E-state index contributed by atoms with van der Waals surface area (Å²) in [5.41, 5.74) is 1.81. The molecule has 244 valence electrons. The molecule has 0 aromatic heterocycles. The Labute approximate surface area is 260 Å². The smallest absolute Gasteiger partial charge is 0.250 e. The maximum atomic E-state index is 13.1. The van der Waals surface area contributed by atoms with Gasteiger partial charge in [0.05, 0.1) is 22.9 Å². The number of amides is 1. The second-order valence-electron chi connectivity index (χ2n) is 11.8. The lowest BCUT2D eigenvalue weighted by Crippen LogP contribution is -2.49. The van der Waals surface area contributed by atoms with Crippen molar-refractivity contribution in [2.24, 2.45) is 17.8 Å². The predicted octanol–water partition coefficient (Wildman–Crippen LogP) is 6.15. The summed E-state index contributed by atoms with van der Waals surface area (Å²) in [7, 11) is -3.62. The summed E-state index contributed by atoms with van der Waals surface area (Å²) in [5, 5.41) is 23.0. The zero-order chi connectivity index (χ0) is 32.2. The van der Waals surface area contributed by atoms with Crippen molar-refractivity contribution in [2.75, 3.05) is 26.3 Å². The molecule has 0 radical (unpaired) electrons. The second kappa shape index (κ2) is 17.8. The molecule has 2 fully saturated rings. The van der Waals surface area contributed by atoms with E-state index in [4.69, 9.17) is 15.3 Å². The maximum Gasteiger partial charge on any atom is 0.250 e. The molecule has 2 heterocycles. The second-order valence-corrected chi connectivity index (χ2v) is 13.7. The van der Waals surface area contributed by atoms with Crippen LogP contribution >= 0.6 is 0 Å². The van der Waals surface area contributed by atoms with Crippen LogP contribution in [0.5, 0.6) is 5.75 Å². The number of hydrogen-bond acceptors (Lipinski definition) is 7. The van der Waals surface area contributed by atoms with Gasteiger partial charge in [0.25, 0.3) is 5.91 Å². The zero-order valence-electron chi connectivity index (χ0n) is 27.5. The average molecular weight is 621 g/mol. The monoisotopic (exact) mass is 620 g/mol. The first-order chi connectivity index (χ1) is 20.5. The highest BCUT2D eigenvalue weighted by Gasteiger charge is 2.37. The number of carbonyl (C=O) groups excluding carboxylic acids is 1. The molecule has 3 aliphatic rings. The van der Waals surface area contributed by atoms with Crippen LogP contribution in [0, 0.1) is 23.2 Å². The van der Waals surface area contributed by atoms with Crippen molar-refractivity contribution in [1.29, 1.82) is 5.41 Å². The fourth-order valence-electron chi connectivity index (χ4n) is 5.17. The van der Waals surface area contributed by atoms with Gasteiger partial charge in [-0.15, -0.1) is 0 Å². The molecule has 2 aliphatic heterocycles. The molecule has 1 saturated heterocycles. The molecule has 4 N–H and O–H groups in total. The minimum atomic E-state index is -3.62. The number of carbonyl (C=O) groups is 1. The summed E-state index contributed by atoms with van der Waals surface area (Å²) in [6, 6.07) is 4.76. The molecule has 43 heavy (non-hydrogen) atoms. The van der Waals surface area contributed by atoms with Gasteiger partial charge in [-0.05, 0) is 69.1 Å². The third-order valence-corrected chi connectivity index (χ3v) is 10.3. The minimum Gasteiger partial charge on any atom is -0.493 e. The summed E-state index contributed by atoms with van der Waals surface area (Å²) in [4.78, 5) is 12.8. The van der Waals surface area contributed by atoms with Crippen molar-refractivity contribution in [3.63, 3.8) is 0 Å². The fourth-order valence-corrected chi connectivity index (χ4v) is 6.80. The van der Waals surface area contributed by atoms with Gasteiger partial charge in [0.2, 0.25) is 10.0 Å². The number of nitrogens with one attached hydrogen (secondary N) is 3. The van der Waals surface area contributed by atoms with E-state index in [2.05, 4.69) is 38.3 Å². The predicted molar refractivity (Wildman–Crippen MR) is 174 cm³/mol. The van der Waals surface area contributed by atoms with E-state index < -0.39 is 16.2 Å². The molecule has 1 saturated carbocycles. The number of ether oxygens (including phenoxy) is 1. The lowest BCUT2D eigenvalue weighted by molar-refractivity contribution is -0.118. The zero-order valence-corrected chi connectivity index (χ0v) is 28.3. The van der Waals surface area contributed by atoms with E-state index in [-0.39, 0.29) is 10.8 Å².